The summed E-state index contributed by atoms with van der Waals surface area (Å²) < 4.78 is 13.3. The van der Waals surface area contributed by atoms with Crippen molar-refractivity contribution in [2.75, 3.05) is 0 Å². The lowest BCUT2D eigenvalue weighted by Crippen LogP contribution is -2.53. The average molecular weight is 292 g/mol. The molecule has 116 valence electrons. The number of carbonyl (C=O) groups is 1. The minimum absolute atomic E-state index is 0.00850. The molecule has 1 aromatic carbocycles. The third-order valence-corrected chi connectivity index (χ3v) is 4.61. The second-order valence-electron chi connectivity index (χ2n) is 6.54. The van der Waals surface area contributed by atoms with E-state index in [0.29, 0.717) is 5.56 Å². The van der Waals surface area contributed by atoms with Crippen LogP contribution >= 0.6 is 0 Å². The van der Waals surface area contributed by atoms with Crippen LogP contribution in [0.4, 0.5) is 4.39 Å². The first-order valence-corrected chi connectivity index (χ1v) is 7.66. The standard InChI is InChI=1S/C17H25FN2O/c1-11-10-13(7-8-15(11)18)12(2)20-16(21)14-6-4-5-9-17(14,3)19/h7-8,10,12,14H,4-6,9,19H2,1-3H3,(H,20,21). The van der Waals surface area contributed by atoms with Gasteiger partial charge in [-0.3, -0.25) is 4.79 Å². The van der Waals surface area contributed by atoms with Crippen molar-refractivity contribution >= 4 is 5.91 Å². The van der Waals surface area contributed by atoms with E-state index in [-0.39, 0.29) is 23.7 Å². The van der Waals surface area contributed by atoms with Crippen molar-refractivity contribution in [1.29, 1.82) is 0 Å². The van der Waals surface area contributed by atoms with Crippen molar-refractivity contribution in [1.82, 2.24) is 5.32 Å². The van der Waals surface area contributed by atoms with Gasteiger partial charge in [0.05, 0.1) is 12.0 Å². The first-order chi connectivity index (χ1) is 9.81. The molecule has 1 aromatic rings. The summed E-state index contributed by atoms with van der Waals surface area (Å²) >= 11 is 0. The summed E-state index contributed by atoms with van der Waals surface area (Å²) in [5.41, 5.74) is 7.35. The SMILES string of the molecule is Cc1cc(C(C)NC(=O)C2CCCCC2(C)N)ccc1F. The highest BCUT2D eigenvalue weighted by Crippen LogP contribution is 2.32. The third kappa shape index (κ3) is 3.62. The van der Waals surface area contributed by atoms with Crippen LogP contribution in [0.2, 0.25) is 0 Å². The number of nitrogens with two attached hydrogens (primary N) is 1. The summed E-state index contributed by atoms with van der Waals surface area (Å²) in [4.78, 5) is 12.5. The molecule has 21 heavy (non-hydrogen) atoms. The molecule has 1 aliphatic carbocycles. The molecule has 0 bridgehead atoms. The van der Waals surface area contributed by atoms with Gasteiger partial charge in [0.25, 0.3) is 0 Å². The molecule has 0 spiro atoms. The van der Waals surface area contributed by atoms with Crippen LogP contribution in [0.15, 0.2) is 18.2 Å². The van der Waals surface area contributed by atoms with E-state index in [1.807, 2.05) is 13.8 Å². The molecule has 0 radical (unpaired) electrons. The van der Waals surface area contributed by atoms with E-state index in [1.165, 1.54) is 6.07 Å². The first-order valence-electron chi connectivity index (χ1n) is 7.66. The van der Waals surface area contributed by atoms with E-state index in [4.69, 9.17) is 5.73 Å². The van der Waals surface area contributed by atoms with Gasteiger partial charge in [-0.25, -0.2) is 4.39 Å². The predicted molar refractivity (Wildman–Crippen MR) is 82.2 cm³/mol. The fourth-order valence-electron chi connectivity index (χ4n) is 3.12. The topological polar surface area (TPSA) is 55.1 Å². The number of nitrogens with one attached hydrogen (secondary N) is 1. The number of rotatable bonds is 3. The second-order valence-corrected chi connectivity index (χ2v) is 6.54. The number of halogens is 1. The van der Waals surface area contributed by atoms with Gasteiger partial charge >= 0.3 is 0 Å². The Kier molecular flexibility index (Phi) is 4.67. The third-order valence-electron chi connectivity index (χ3n) is 4.61. The number of amides is 1. The van der Waals surface area contributed by atoms with Crippen LogP contribution in [0.5, 0.6) is 0 Å². The lowest BCUT2D eigenvalue weighted by molar-refractivity contribution is -0.128. The quantitative estimate of drug-likeness (QED) is 0.898. The predicted octanol–water partition coefficient (Wildman–Crippen LogP) is 3.22. The first kappa shape index (κ1) is 16.0. The number of aryl methyl sites for hydroxylation is 1. The highest BCUT2D eigenvalue weighted by Gasteiger charge is 2.38. The Hall–Kier alpha value is -1.42. The maximum atomic E-state index is 13.3. The van der Waals surface area contributed by atoms with Gasteiger partial charge in [0, 0.05) is 5.54 Å². The minimum atomic E-state index is -0.430. The Bertz CT molecular complexity index is 528. The normalized spacial score (nSPS) is 27.2. The molecule has 3 unspecified atom stereocenters. The molecule has 1 amide bonds. The van der Waals surface area contributed by atoms with Crippen LogP contribution in [0.3, 0.4) is 0 Å². The molecule has 1 saturated carbocycles. The van der Waals surface area contributed by atoms with Crippen LogP contribution in [0.25, 0.3) is 0 Å². The van der Waals surface area contributed by atoms with Crippen LogP contribution in [0.1, 0.15) is 56.7 Å². The number of carbonyl (C=O) groups excluding carboxylic acids is 1. The van der Waals surface area contributed by atoms with Gasteiger partial charge in [-0.2, -0.15) is 0 Å². The zero-order valence-corrected chi connectivity index (χ0v) is 13.1. The zero-order valence-electron chi connectivity index (χ0n) is 13.1. The van der Waals surface area contributed by atoms with Gasteiger partial charge in [-0.05, 0) is 50.8 Å². The molecule has 4 heteroatoms. The monoisotopic (exact) mass is 292 g/mol. The molecule has 2 rings (SSSR count). The molecule has 1 aliphatic rings. The van der Waals surface area contributed by atoms with E-state index in [9.17, 15) is 9.18 Å². The maximum absolute atomic E-state index is 13.3. The molecule has 1 fully saturated rings. The molecular weight excluding hydrogens is 267 g/mol. The molecule has 0 saturated heterocycles. The molecule has 0 heterocycles. The summed E-state index contributed by atoms with van der Waals surface area (Å²) in [6, 6.07) is 4.80. The average Bonchev–Trinajstić information content (AvgIpc) is 2.41. The molecule has 3 nitrogen and oxygen atoms in total. The van der Waals surface area contributed by atoms with Crippen molar-refractivity contribution in [3.63, 3.8) is 0 Å². The summed E-state index contributed by atoms with van der Waals surface area (Å²) in [6.07, 6.45) is 3.86. The Balaban J connectivity index is 2.06. The minimum Gasteiger partial charge on any atom is -0.349 e. The zero-order chi connectivity index (χ0) is 15.6. The summed E-state index contributed by atoms with van der Waals surface area (Å²) in [7, 11) is 0. The van der Waals surface area contributed by atoms with Gasteiger partial charge in [-0.15, -0.1) is 0 Å². The maximum Gasteiger partial charge on any atom is 0.225 e. The lowest BCUT2D eigenvalue weighted by atomic mass is 9.74. The highest BCUT2D eigenvalue weighted by atomic mass is 19.1. The fraction of sp³-hybridized carbons (Fsp3) is 0.588. The molecule has 0 aromatic heterocycles. The van der Waals surface area contributed by atoms with Crippen LogP contribution in [-0.4, -0.2) is 11.4 Å². The Morgan fingerprint density at radius 2 is 2.19 bits per heavy atom. The van der Waals surface area contributed by atoms with Crippen LogP contribution in [0, 0.1) is 18.7 Å². The van der Waals surface area contributed by atoms with E-state index >= 15 is 0 Å². The van der Waals surface area contributed by atoms with Crippen LogP contribution in [-0.2, 0) is 4.79 Å². The number of benzene rings is 1. The van der Waals surface area contributed by atoms with Gasteiger partial charge in [0.1, 0.15) is 5.82 Å². The van der Waals surface area contributed by atoms with Gasteiger partial charge in [0.15, 0.2) is 0 Å². The van der Waals surface area contributed by atoms with Gasteiger partial charge in [0.2, 0.25) is 5.91 Å². The molecule has 0 aliphatic heterocycles. The largest absolute Gasteiger partial charge is 0.349 e. The van der Waals surface area contributed by atoms with Crippen molar-refractivity contribution in [3.05, 3.63) is 35.1 Å². The van der Waals surface area contributed by atoms with E-state index < -0.39 is 5.54 Å². The van der Waals surface area contributed by atoms with Crippen molar-refractivity contribution in [2.24, 2.45) is 11.7 Å². The van der Waals surface area contributed by atoms with Crippen LogP contribution < -0.4 is 11.1 Å². The molecular formula is C17H25FN2O. The molecule has 3 N–H and O–H groups in total. The Labute approximate surface area is 126 Å². The van der Waals surface area contributed by atoms with Crippen molar-refractivity contribution < 1.29 is 9.18 Å². The Morgan fingerprint density at radius 3 is 2.81 bits per heavy atom. The fourth-order valence-corrected chi connectivity index (χ4v) is 3.12. The summed E-state index contributed by atoms with van der Waals surface area (Å²) in [6.45, 7) is 5.61. The van der Waals surface area contributed by atoms with Gasteiger partial charge in [-0.1, -0.05) is 25.0 Å². The van der Waals surface area contributed by atoms with Gasteiger partial charge < -0.3 is 11.1 Å². The van der Waals surface area contributed by atoms with Crippen molar-refractivity contribution in [3.8, 4) is 0 Å². The summed E-state index contributed by atoms with van der Waals surface area (Å²) in [5, 5.41) is 3.03. The summed E-state index contributed by atoms with van der Waals surface area (Å²) in [5.74, 6) is -0.358. The van der Waals surface area contributed by atoms with E-state index in [0.717, 1.165) is 31.2 Å². The van der Waals surface area contributed by atoms with E-state index in [1.54, 1.807) is 19.1 Å². The number of hydrogen-bond acceptors (Lipinski definition) is 2. The second kappa shape index (κ2) is 6.14. The Morgan fingerprint density at radius 1 is 1.48 bits per heavy atom. The smallest absolute Gasteiger partial charge is 0.225 e. The lowest BCUT2D eigenvalue weighted by Gasteiger charge is -2.37. The number of hydrogen-bond donors (Lipinski definition) is 2. The van der Waals surface area contributed by atoms with Crippen molar-refractivity contribution in [2.45, 2.75) is 58.0 Å². The molecule has 3 atom stereocenters. The highest BCUT2D eigenvalue weighted by molar-refractivity contribution is 5.80. The van der Waals surface area contributed by atoms with E-state index in [2.05, 4.69) is 5.32 Å².